The number of hydrogen-bond acceptors (Lipinski definition) is 3. The van der Waals surface area contributed by atoms with E-state index in [0.717, 1.165) is 37.2 Å². The second kappa shape index (κ2) is 7.73. The molecule has 2 fully saturated rings. The van der Waals surface area contributed by atoms with Gasteiger partial charge in [0.05, 0.1) is 18.6 Å². The summed E-state index contributed by atoms with van der Waals surface area (Å²) in [6.07, 6.45) is 4.33. The van der Waals surface area contributed by atoms with Crippen molar-refractivity contribution in [3.05, 3.63) is 65.7 Å². The second-order valence-corrected chi connectivity index (χ2v) is 7.69. The number of rotatable bonds is 7. The van der Waals surface area contributed by atoms with Crippen LogP contribution in [0.15, 0.2) is 54.6 Å². The number of methoxy groups -OCH3 is 1. The van der Waals surface area contributed by atoms with Crippen LogP contribution in [-0.2, 0) is 10.2 Å². The van der Waals surface area contributed by atoms with Gasteiger partial charge in [-0.3, -0.25) is 9.69 Å². The number of likely N-dealkylation sites (tertiary alicyclic amines) is 1. The summed E-state index contributed by atoms with van der Waals surface area (Å²) in [5, 5.41) is 3.28. The van der Waals surface area contributed by atoms with Gasteiger partial charge >= 0.3 is 0 Å². The lowest BCUT2D eigenvalue weighted by molar-refractivity contribution is -0.123. The molecule has 0 radical (unpaired) electrons. The minimum atomic E-state index is -0.314. The molecule has 142 valence electrons. The Morgan fingerprint density at radius 1 is 1.11 bits per heavy atom. The number of hydrogen-bond donors (Lipinski definition) is 1. The lowest BCUT2D eigenvalue weighted by Gasteiger charge is -2.29. The summed E-state index contributed by atoms with van der Waals surface area (Å²) in [5.41, 5.74) is 2.04. The van der Waals surface area contributed by atoms with Gasteiger partial charge in [0.25, 0.3) is 0 Å². The van der Waals surface area contributed by atoms with Crippen LogP contribution in [0.25, 0.3) is 0 Å². The predicted molar refractivity (Wildman–Crippen MR) is 107 cm³/mol. The molecule has 1 unspecified atom stereocenters. The van der Waals surface area contributed by atoms with Crippen LogP contribution < -0.4 is 10.1 Å². The molecule has 4 rings (SSSR count). The normalized spacial score (nSPS) is 19.4. The first-order valence-electron chi connectivity index (χ1n) is 9.95. The first kappa shape index (κ1) is 18.1. The van der Waals surface area contributed by atoms with E-state index >= 15 is 0 Å². The molecule has 27 heavy (non-hydrogen) atoms. The maximum Gasteiger partial charge on any atom is 0.230 e. The standard InChI is InChI=1S/C23H28N2O2/c1-27-20-11-7-8-18(16-20)21(25-14-5-6-15-25)17-24-22(26)23(12-13-23)19-9-3-2-4-10-19/h2-4,7-11,16,21H,5-6,12-15,17H2,1H3,(H,24,26). The van der Waals surface area contributed by atoms with Crippen LogP contribution in [-0.4, -0.2) is 37.6 Å². The van der Waals surface area contributed by atoms with Crippen molar-refractivity contribution in [2.45, 2.75) is 37.1 Å². The molecule has 2 aromatic rings. The third-order valence-electron chi connectivity index (χ3n) is 6.03. The van der Waals surface area contributed by atoms with Crippen molar-refractivity contribution in [1.82, 2.24) is 10.2 Å². The van der Waals surface area contributed by atoms with Gasteiger partial charge in [-0.15, -0.1) is 0 Å². The Balaban J connectivity index is 1.49. The Morgan fingerprint density at radius 2 is 1.85 bits per heavy atom. The second-order valence-electron chi connectivity index (χ2n) is 7.69. The van der Waals surface area contributed by atoms with Crippen molar-refractivity contribution in [3.63, 3.8) is 0 Å². The van der Waals surface area contributed by atoms with E-state index in [1.54, 1.807) is 7.11 Å². The monoisotopic (exact) mass is 364 g/mol. The van der Waals surface area contributed by atoms with Gasteiger partial charge in [0, 0.05) is 6.54 Å². The Kier molecular flexibility index (Phi) is 5.17. The highest BCUT2D eigenvalue weighted by Gasteiger charge is 2.51. The molecule has 4 heteroatoms. The van der Waals surface area contributed by atoms with Crippen molar-refractivity contribution >= 4 is 5.91 Å². The maximum atomic E-state index is 13.0. The van der Waals surface area contributed by atoms with Crippen molar-refractivity contribution in [2.75, 3.05) is 26.7 Å². The molecule has 1 saturated heterocycles. The van der Waals surface area contributed by atoms with E-state index in [1.807, 2.05) is 30.3 Å². The van der Waals surface area contributed by atoms with E-state index < -0.39 is 0 Å². The van der Waals surface area contributed by atoms with Gasteiger partial charge in [-0.1, -0.05) is 42.5 Å². The fourth-order valence-corrected chi connectivity index (χ4v) is 4.25. The highest BCUT2D eigenvalue weighted by Crippen LogP contribution is 2.48. The van der Waals surface area contributed by atoms with Crippen molar-refractivity contribution in [1.29, 1.82) is 0 Å². The minimum absolute atomic E-state index is 0.167. The van der Waals surface area contributed by atoms with Crippen molar-refractivity contribution in [2.24, 2.45) is 0 Å². The molecular weight excluding hydrogens is 336 g/mol. The zero-order chi connectivity index (χ0) is 18.7. The highest BCUT2D eigenvalue weighted by molar-refractivity contribution is 5.91. The van der Waals surface area contributed by atoms with Crippen LogP contribution in [0, 0.1) is 0 Å². The van der Waals surface area contributed by atoms with Gasteiger partial charge in [-0.25, -0.2) is 0 Å². The fourth-order valence-electron chi connectivity index (χ4n) is 4.25. The van der Waals surface area contributed by atoms with Crippen LogP contribution >= 0.6 is 0 Å². The number of amides is 1. The van der Waals surface area contributed by atoms with Gasteiger partial charge in [0.1, 0.15) is 5.75 Å². The van der Waals surface area contributed by atoms with E-state index in [4.69, 9.17) is 4.74 Å². The number of benzene rings is 2. The quantitative estimate of drug-likeness (QED) is 0.815. The van der Waals surface area contributed by atoms with Gasteiger partial charge in [-0.05, 0) is 62.0 Å². The van der Waals surface area contributed by atoms with Crippen LogP contribution in [0.3, 0.4) is 0 Å². The van der Waals surface area contributed by atoms with Crippen molar-refractivity contribution < 1.29 is 9.53 Å². The van der Waals surface area contributed by atoms with E-state index in [1.165, 1.54) is 18.4 Å². The number of carbonyl (C=O) groups excluding carboxylic acids is 1. The van der Waals surface area contributed by atoms with Crippen LogP contribution in [0.5, 0.6) is 5.75 Å². The fraction of sp³-hybridized carbons (Fsp3) is 0.435. The predicted octanol–water partition coefficient (Wildman–Crippen LogP) is 3.68. The SMILES string of the molecule is COc1cccc(C(CNC(=O)C2(c3ccccc3)CC2)N2CCCC2)c1. The largest absolute Gasteiger partial charge is 0.497 e. The Labute approximate surface area is 161 Å². The number of nitrogens with zero attached hydrogens (tertiary/aromatic N) is 1. The van der Waals surface area contributed by atoms with E-state index in [-0.39, 0.29) is 17.4 Å². The molecule has 0 bridgehead atoms. The topological polar surface area (TPSA) is 41.6 Å². The third-order valence-corrected chi connectivity index (χ3v) is 6.03. The first-order valence-corrected chi connectivity index (χ1v) is 9.95. The summed E-state index contributed by atoms with van der Waals surface area (Å²) >= 11 is 0. The van der Waals surface area contributed by atoms with Crippen LogP contribution in [0.2, 0.25) is 0 Å². The number of nitrogens with one attached hydrogen (secondary N) is 1. The molecule has 2 aromatic carbocycles. The molecule has 4 nitrogen and oxygen atoms in total. The highest BCUT2D eigenvalue weighted by atomic mass is 16.5. The first-order chi connectivity index (χ1) is 13.2. The smallest absolute Gasteiger partial charge is 0.230 e. The Hall–Kier alpha value is -2.33. The summed E-state index contributed by atoms with van der Waals surface area (Å²) in [7, 11) is 1.70. The molecule has 2 aliphatic rings. The Bertz CT molecular complexity index is 780. The number of ether oxygens (including phenoxy) is 1. The van der Waals surface area contributed by atoms with Gasteiger partial charge in [-0.2, -0.15) is 0 Å². The molecule has 1 amide bonds. The van der Waals surface area contributed by atoms with Crippen molar-refractivity contribution in [3.8, 4) is 5.75 Å². The van der Waals surface area contributed by atoms with Gasteiger partial charge in [0.2, 0.25) is 5.91 Å². The molecule has 1 N–H and O–H groups in total. The van der Waals surface area contributed by atoms with E-state index in [0.29, 0.717) is 6.54 Å². The average molecular weight is 364 g/mol. The molecule has 1 heterocycles. The lowest BCUT2D eigenvalue weighted by Crippen LogP contribution is -2.41. The summed E-state index contributed by atoms with van der Waals surface area (Å²) in [5.74, 6) is 1.03. The van der Waals surface area contributed by atoms with E-state index in [2.05, 4.69) is 34.5 Å². The zero-order valence-corrected chi connectivity index (χ0v) is 16.0. The molecule has 1 aliphatic carbocycles. The summed E-state index contributed by atoms with van der Waals surface area (Å²) in [6.45, 7) is 2.81. The summed E-state index contributed by atoms with van der Waals surface area (Å²) in [4.78, 5) is 15.5. The van der Waals surface area contributed by atoms with Gasteiger partial charge in [0.15, 0.2) is 0 Å². The average Bonchev–Trinajstić information content (AvgIpc) is 3.37. The molecule has 0 aromatic heterocycles. The Morgan fingerprint density at radius 3 is 2.52 bits per heavy atom. The number of carbonyl (C=O) groups is 1. The van der Waals surface area contributed by atoms with Crippen LogP contribution in [0.1, 0.15) is 42.9 Å². The minimum Gasteiger partial charge on any atom is -0.497 e. The van der Waals surface area contributed by atoms with Gasteiger partial charge < -0.3 is 10.1 Å². The molecule has 1 atom stereocenters. The molecule has 1 saturated carbocycles. The zero-order valence-electron chi connectivity index (χ0n) is 16.0. The molecule has 1 aliphatic heterocycles. The lowest BCUT2D eigenvalue weighted by atomic mass is 9.94. The summed E-state index contributed by atoms with van der Waals surface area (Å²) in [6, 6.07) is 18.6. The maximum absolute atomic E-state index is 13.0. The third kappa shape index (κ3) is 3.72. The molecular formula is C23H28N2O2. The molecule has 0 spiro atoms. The summed E-state index contributed by atoms with van der Waals surface area (Å²) < 4.78 is 5.41. The van der Waals surface area contributed by atoms with E-state index in [9.17, 15) is 4.79 Å². The van der Waals surface area contributed by atoms with Crippen LogP contribution in [0.4, 0.5) is 0 Å².